The molecule has 0 aromatic heterocycles. The van der Waals surface area contributed by atoms with Crippen LogP contribution < -0.4 is 0 Å². The van der Waals surface area contributed by atoms with Crippen LogP contribution in [-0.4, -0.2) is 66.3 Å². The topological polar surface area (TPSA) is 132 Å². The molecule has 0 saturated carbocycles. The highest BCUT2D eigenvalue weighted by molar-refractivity contribution is 7.47. The lowest BCUT2D eigenvalue weighted by Gasteiger charge is -2.20. The van der Waals surface area contributed by atoms with Gasteiger partial charge in [-0.05, 0) is 96.3 Å². The maximum absolute atomic E-state index is 12.6. The van der Waals surface area contributed by atoms with E-state index >= 15 is 0 Å². The van der Waals surface area contributed by atoms with Gasteiger partial charge in [-0.15, -0.1) is 0 Å². The van der Waals surface area contributed by atoms with Gasteiger partial charge in [-0.25, -0.2) is 4.57 Å². The van der Waals surface area contributed by atoms with Gasteiger partial charge in [0.05, 0.1) is 26.4 Å². The summed E-state index contributed by atoms with van der Waals surface area (Å²) in [6.07, 6.45) is 53.8. The number of allylic oxidation sites excluding steroid dienone is 16. The summed E-state index contributed by atoms with van der Waals surface area (Å²) in [5.74, 6) is -0.413. The molecule has 0 aliphatic rings. The summed E-state index contributed by atoms with van der Waals surface area (Å²) < 4.78 is 33.3. The van der Waals surface area contributed by atoms with E-state index < -0.39 is 45.8 Å². The third kappa shape index (κ3) is 42.8. The Labute approximate surface area is 347 Å². The van der Waals surface area contributed by atoms with Crippen LogP contribution in [0, 0.1) is 0 Å². The molecule has 0 saturated heterocycles. The first kappa shape index (κ1) is 54.4. The lowest BCUT2D eigenvalue weighted by molar-refractivity contribution is -0.154. The standard InChI is InChI=1S/C47H79O9P/c1-3-5-7-9-11-13-15-17-18-19-20-21-22-23-24-25-26-27-28-30-32-34-36-38-40-53-43-46(44-55-57(51,52)54-42-45(49)41-48)56-47(50)39-37-35-33-31-29-16-14-12-10-8-6-4-2/h5,7,11-14,17-18,20-21,23-24,26-27,30,32,45-46,48-49H,3-4,6,8-10,15-16,19,22,25,28-29,31,33-44H2,1-2H3,(H,51,52)/b7-5-,13-11-,14-12-,18-17-,21-20-,24-23-,27-26-,32-30-. The van der Waals surface area contributed by atoms with Crippen molar-refractivity contribution >= 4 is 13.8 Å². The zero-order valence-electron chi connectivity index (χ0n) is 35.5. The summed E-state index contributed by atoms with van der Waals surface area (Å²) >= 11 is 0. The van der Waals surface area contributed by atoms with Crippen LogP contribution in [0.1, 0.15) is 149 Å². The average molecular weight is 819 g/mol. The molecule has 0 spiro atoms. The summed E-state index contributed by atoms with van der Waals surface area (Å²) in [6, 6.07) is 0. The molecule has 3 N–H and O–H groups in total. The van der Waals surface area contributed by atoms with Crippen LogP contribution in [0.15, 0.2) is 97.2 Å². The smallest absolute Gasteiger partial charge is 0.457 e. The molecule has 10 heteroatoms. The van der Waals surface area contributed by atoms with Crippen LogP contribution in [0.3, 0.4) is 0 Å². The van der Waals surface area contributed by atoms with Crippen molar-refractivity contribution < 1.29 is 43.0 Å². The number of phosphoric ester groups is 1. The molecule has 0 radical (unpaired) electrons. The predicted molar refractivity (Wildman–Crippen MR) is 237 cm³/mol. The van der Waals surface area contributed by atoms with Crippen molar-refractivity contribution in [3.63, 3.8) is 0 Å². The normalized spacial score (nSPS) is 15.0. The SMILES string of the molecule is CC/C=C\C/C=C\C/C=C\C/C=C\C/C=C\C/C=C\C/C=C\CCCCOCC(COP(=O)(O)OCC(O)CO)OC(=O)CCCCCCC/C=C\CCCCC. The highest BCUT2D eigenvalue weighted by atomic mass is 31.2. The number of esters is 1. The number of hydrogen-bond donors (Lipinski definition) is 3. The fourth-order valence-electron chi connectivity index (χ4n) is 5.21. The van der Waals surface area contributed by atoms with E-state index in [1.54, 1.807) is 0 Å². The molecule has 0 amide bonds. The lowest BCUT2D eigenvalue weighted by atomic mass is 10.1. The Morgan fingerprint density at radius 1 is 0.561 bits per heavy atom. The zero-order chi connectivity index (χ0) is 41.8. The first-order chi connectivity index (χ1) is 27.8. The summed E-state index contributed by atoms with van der Waals surface area (Å²) in [5, 5.41) is 18.3. The van der Waals surface area contributed by atoms with Crippen molar-refractivity contribution in [1.29, 1.82) is 0 Å². The Bertz CT molecular complexity index is 1200. The number of hydrogen-bond acceptors (Lipinski definition) is 8. The Hall–Kier alpha value is -2.62. The van der Waals surface area contributed by atoms with Crippen LogP contribution in [-0.2, 0) is 27.9 Å². The lowest BCUT2D eigenvalue weighted by Crippen LogP contribution is -2.29. The summed E-state index contributed by atoms with van der Waals surface area (Å²) in [4.78, 5) is 22.5. The second kappa shape index (κ2) is 43.0. The van der Waals surface area contributed by atoms with Crippen molar-refractivity contribution in [1.82, 2.24) is 0 Å². The highest BCUT2D eigenvalue weighted by Gasteiger charge is 2.26. The molecule has 0 fully saturated rings. The quantitative estimate of drug-likeness (QED) is 0.0239. The fraction of sp³-hybridized carbons (Fsp3) is 0.638. The number of unbranched alkanes of at least 4 members (excludes halogenated alkanes) is 10. The number of aliphatic hydroxyl groups excluding tert-OH is 2. The largest absolute Gasteiger partial charge is 0.472 e. The molecule has 9 nitrogen and oxygen atoms in total. The van der Waals surface area contributed by atoms with E-state index in [4.69, 9.17) is 23.6 Å². The van der Waals surface area contributed by atoms with Gasteiger partial charge >= 0.3 is 13.8 Å². The van der Waals surface area contributed by atoms with Gasteiger partial charge in [0.2, 0.25) is 0 Å². The van der Waals surface area contributed by atoms with Crippen LogP contribution in [0.5, 0.6) is 0 Å². The van der Waals surface area contributed by atoms with Crippen molar-refractivity contribution in [2.24, 2.45) is 0 Å². The third-order valence-electron chi connectivity index (χ3n) is 8.50. The van der Waals surface area contributed by atoms with Crippen molar-refractivity contribution in [2.75, 3.05) is 33.0 Å². The van der Waals surface area contributed by atoms with Gasteiger partial charge < -0.3 is 24.6 Å². The number of aliphatic hydroxyl groups is 2. The molecular weight excluding hydrogens is 739 g/mol. The second-order valence-electron chi connectivity index (χ2n) is 14.0. The van der Waals surface area contributed by atoms with Gasteiger partial charge in [-0.1, -0.05) is 143 Å². The molecule has 3 atom stereocenters. The van der Waals surface area contributed by atoms with Crippen molar-refractivity contribution in [3.05, 3.63) is 97.2 Å². The molecule has 0 aliphatic heterocycles. The Balaban J connectivity index is 4.27. The molecule has 0 aliphatic carbocycles. The summed E-state index contributed by atoms with van der Waals surface area (Å²) in [5.41, 5.74) is 0. The minimum atomic E-state index is -4.54. The molecule has 57 heavy (non-hydrogen) atoms. The van der Waals surface area contributed by atoms with E-state index in [-0.39, 0.29) is 13.0 Å². The molecule has 3 unspecified atom stereocenters. The van der Waals surface area contributed by atoms with E-state index in [2.05, 4.69) is 111 Å². The van der Waals surface area contributed by atoms with E-state index in [9.17, 15) is 19.4 Å². The van der Waals surface area contributed by atoms with Gasteiger partial charge in [0.25, 0.3) is 0 Å². The van der Waals surface area contributed by atoms with Crippen LogP contribution in [0.2, 0.25) is 0 Å². The Kier molecular flexibility index (Phi) is 41.0. The minimum Gasteiger partial charge on any atom is -0.457 e. The van der Waals surface area contributed by atoms with Crippen LogP contribution in [0.4, 0.5) is 0 Å². The van der Waals surface area contributed by atoms with Crippen molar-refractivity contribution in [3.8, 4) is 0 Å². The van der Waals surface area contributed by atoms with E-state index in [1.165, 1.54) is 19.3 Å². The molecule has 0 bridgehead atoms. The monoisotopic (exact) mass is 819 g/mol. The summed E-state index contributed by atoms with van der Waals surface area (Å²) in [7, 11) is -4.54. The molecule has 0 heterocycles. The molecular formula is C47H79O9P. The number of carbonyl (C=O) groups is 1. The van der Waals surface area contributed by atoms with Gasteiger partial charge in [0.15, 0.2) is 0 Å². The Morgan fingerprint density at radius 2 is 1.00 bits per heavy atom. The highest BCUT2D eigenvalue weighted by Crippen LogP contribution is 2.43. The predicted octanol–water partition coefficient (Wildman–Crippen LogP) is 12.1. The number of rotatable bonds is 40. The average Bonchev–Trinajstić information content (AvgIpc) is 3.20. The van der Waals surface area contributed by atoms with Crippen LogP contribution >= 0.6 is 7.82 Å². The first-order valence-corrected chi connectivity index (χ1v) is 23.2. The molecule has 326 valence electrons. The minimum absolute atomic E-state index is 0.00941. The van der Waals surface area contributed by atoms with Gasteiger partial charge in [-0.3, -0.25) is 13.8 Å². The molecule has 0 aromatic rings. The van der Waals surface area contributed by atoms with Gasteiger partial charge in [0.1, 0.15) is 12.2 Å². The molecule has 0 rings (SSSR count). The van der Waals surface area contributed by atoms with Gasteiger partial charge in [-0.2, -0.15) is 0 Å². The number of ether oxygens (including phenoxy) is 2. The fourth-order valence-corrected chi connectivity index (χ4v) is 6.00. The second-order valence-corrected chi connectivity index (χ2v) is 15.4. The van der Waals surface area contributed by atoms with E-state index in [0.29, 0.717) is 13.0 Å². The van der Waals surface area contributed by atoms with Gasteiger partial charge in [0, 0.05) is 13.0 Å². The van der Waals surface area contributed by atoms with E-state index in [0.717, 1.165) is 103 Å². The third-order valence-corrected chi connectivity index (χ3v) is 9.45. The Morgan fingerprint density at radius 3 is 1.53 bits per heavy atom. The van der Waals surface area contributed by atoms with Crippen LogP contribution in [0.25, 0.3) is 0 Å². The number of carbonyl (C=O) groups excluding carboxylic acids is 1. The maximum atomic E-state index is 12.6. The first-order valence-electron chi connectivity index (χ1n) is 21.7. The maximum Gasteiger partial charge on any atom is 0.472 e. The molecule has 0 aromatic carbocycles. The number of phosphoric acid groups is 1. The zero-order valence-corrected chi connectivity index (χ0v) is 36.4. The summed E-state index contributed by atoms with van der Waals surface area (Å²) in [6.45, 7) is 3.22. The van der Waals surface area contributed by atoms with Crippen molar-refractivity contribution in [2.45, 2.75) is 161 Å². The van der Waals surface area contributed by atoms with E-state index in [1.807, 2.05) is 0 Å².